The van der Waals surface area contributed by atoms with Crippen LogP contribution in [0.25, 0.3) is 0 Å². The van der Waals surface area contributed by atoms with Crippen LogP contribution in [0.3, 0.4) is 0 Å². The van der Waals surface area contributed by atoms with Crippen LogP contribution in [0, 0.1) is 11.3 Å². The topological polar surface area (TPSA) is 48.3 Å². The predicted molar refractivity (Wildman–Crippen MR) is 79.1 cm³/mol. The molecule has 1 aromatic carbocycles. The Morgan fingerprint density at radius 1 is 1.45 bits per heavy atom. The lowest BCUT2D eigenvalue weighted by Gasteiger charge is -2.32. The van der Waals surface area contributed by atoms with E-state index in [0.29, 0.717) is 13.2 Å². The van der Waals surface area contributed by atoms with Crippen molar-refractivity contribution in [2.24, 2.45) is 0 Å². The highest BCUT2D eigenvalue weighted by Crippen LogP contribution is 2.36. The summed E-state index contributed by atoms with van der Waals surface area (Å²) in [4.78, 5) is 1.68. The van der Waals surface area contributed by atoms with Gasteiger partial charge in [0, 0.05) is 6.54 Å². The fourth-order valence-electron chi connectivity index (χ4n) is 2.22. The summed E-state index contributed by atoms with van der Waals surface area (Å²) in [5.74, 6) is 0. The summed E-state index contributed by atoms with van der Waals surface area (Å²) in [6, 6.07) is 5.02. The Balaban J connectivity index is 2.30. The first-order valence-corrected chi connectivity index (χ1v) is 6.90. The number of ether oxygens (including phenoxy) is 1. The smallest absolute Gasteiger partial charge is 0.354 e. The van der Waals surface area contributed by atoms with Gasteiger partial charge in [0.1, 0.15) is 5.72 Å². The Morgan fingerprint density at radius 3 is 2.64 bits per heavy atom. The molecular formula is C14H14F3N3OS. The molecule has 0 amide bonds. The quantitative estimate of drug-likeness (QED) is 0.801. The minimum Gasteiger partial charge on any atom is -0.354 e. The number of nitrogens with zero attached hydrogens (tertiary/aromatic N) is 2. The van der Waals surface area contributed by atoms with E-state index in [0.717, 1.165) is 6.07 Å². The van der Waals surface area contributed by atoms with E-state index >= 15 is 0 Å². The monoisotopic (exact) mass is 329 g/mol. The summed E-state index contributed by atoms with van der Waals surface area (Å²) in [5.41, 5.74) is -1.84. The van der Waals surface area contributed by atoms with Crippen molar-refractivity contribution in [1.82, 2.24) is 4.90 Å². The van der Waals surface area contributed by atoms with Gasteiger partial charge in [-0.3, -0.25) is 0 Å². The van der Waals surface area contributed by atoms with E-state index in [1.165, 1.54) is 12.1 Å². The molecule has 0 bridgehead atoms. The number of thiocarbonyl (C=S) groups is 1. The van der Waals surface area contributed by atoms with E-state index in [-0.39, 0.29) is 16.4 Å². The summed E-state index contributed by atoms with van der Waals surface area (Å²) < 4.78 is 44.8. The third-order valence-electron chi connectivity index (χ3n) is 3.36. The number of hydrogen-bond donors (Lipinski definition) is 1. The fraction of sp³-hybridized carbons (Fsp3) is 0.429. The van der Waals surface area contributed by atoms with E-state index in [1.807, 2.05) is 0 Å². The average Bonchev–Trinajstić information content (AvgIpc) is 2.77. The lowest BCUT2D eigenvalue weighted by molar-refractivity contribution is -0.136. The Hall–Kier alpha value is -1.85. The number of hydrogen-bond acceptors (Lipinski definition) is 3. The van der Waals surface area contributed by atoms with Crippen molar-refractivity contribution in [1.29, 1.82) is 5.26 Å². The largest absolute Gasteiger partial charge is 0.418 e. The molecule has 2 rings (SSSR count). The molecule has 22 heavy (non-hydrogen) atoms. The van der Waals surface area contributed by atoms with Crippen LogP contribution in [0.2, 0.25) is 0 Å². The van der Waals surface area contributed by atoms with Crippen LogP contribution in [0.15, 0.2) is 18.2 Å². The number of rotatable bonds is 1. The summed E-state index contributed by atoms with van der Waals surface area (Å²) in [6.45, 7) is 4.53. The van der Waals surface area contributed by atoms with E-state index in [1.54, 1.807) is 24.8 Å². The van der Waals surface area contributed by atoms with Crippen molar-refractivity contribution in [3.63, 3.8) is 0 Å². The molecule has 1 aliphatic rings. The highest BCUT2D eigenvalue weighted by Gasteiger charge is 2.37. The van der Waals surface area contributed by atoms with Gasteiger partial charge >= 0.3 is 6.18 Å². The van der Waals surface area contributed by atoms with Gasteiger partial charge in [0.25, 0.3) is 0 Å². The SMILES string of the molecule is CC1(C)OCCN1C(=S)Nc1ccc(C#N)cc1C(F)(F)F. The van der Waals surface area contributed by atoms with Gasteiger partial charge < -0.3 is 15.0 Å². The number of anilines is 1. The van der Waals surface area contributed by atoms with Crippen molar-refractivity contribution < 1.29 is 17.9 Å². The maximum Gasteiger partial charge on any atom is 0.418 e. The second-order valence-corrected chi connectivity index (χ2v) is 5.63. The van der Waals surface area contributed by atoms with Gasteiger partial charge in [-0.05, 0) is 44.3 Å². The molecule has 0 spiro atoms. The Kier molecular flexibility index (Phi) is 4.31. The van der Waals surface area contributed by atoms with Crippen LogP contribution in [0.4, 0.5) is 18.9 Å². The van der Waals surface area contributed by atoms with Crippen molar-refractivity contribution in [3.05, 3.63) is 29.3 Å². The van der Waals surface area contributed by atoms with Crippen LogP contribution in [-0.4, -0.2) is 28.9 Å². The molecule has 0 saturated carbocycles. The molecule has 1 aliphatic heterocycles. The van der Waals surface area contributed by atoms with Crippen molar-refractivity contribution in [3.8, 4) is 6.07 Å². The Bertz CT molecular complexity index is 637. The van der Waals surface area contributed by atoms with Crippen LogP contribution in [-0.2, 0) is 10.9 Å². The predicted octanol–water partition coefficient (Wildman–Crippen LogP) is 3.34. The minimum atomic E-state index is -4.58. The summed E-state index contributed by atoms with van der Waals surface area (Å²) >= 11 is 5.19. The van der Waals surface area contributed by atoms with Crippen LogP contribution in [0.1, 0.15) is 25.0 Å². The molecular weight excluding hydrogens is 315 g/mol. The molecule has 118 valence electrons. The second-order valence-electron chi connectivity index (χ2n) is 5.25. The molecule has 1 N–H and O–H groups in total. The first-order chi connectivity index (χ1) is 10.1. The van der Waals surface area contributed by atoms with Crippen LogP contribution in [0.5, 0.6) is 0 Å². The first-order valence-electron chi connectivity index (χ1n) is 6.49. The van der Waals surface area contributed by atoms with Gasteiger partial charge in [0.15, 0.2) is 5.11 Å². The standard InChI is InChI=1S/C14H14F3N3OS/c1-13(2)20(5-6-21-13)12(22)19-11-4-3-9(8-18)7-10(11)14(15,16)17/h3-4,7H,5-6H2,1-2H3,(H,19,22). The zero-order valence-electron chi connectivity index (χ0n) is 12.0. The molecule has 0 radical (unpaired) electrons. The molecule has 0 aromatic heterocycles. The van der Waals surface area contributed by atoms with Gasteiger partial charge in [0.05, 0.1) is 29.5 Å². The molecule has 0 atom stereocenters. The first kappa shape index (κ1) is 16.5. The summed E-state index contributed by atoms with van der Waals surface area (Å²) in [7, 11) is 0. The van der Waals surface area contributed by atoms with Gasteiger partial charge in [-0.25, -0.2) is 0 Å². The lowest BCUT2D eigenvalue weighted by Crippen LogP contribution is -2.45. The molecule has 8 heteroatoms. The number of alkyl halides is 3. The zero-order valence-corrected chi connectivity index (χ0v) is 12.8. The maximum absolute atomic E-state index is 13.1. The molecule has 1 fully saturated rings. The molecule has 0 unspecified atom stereocenters. The average molecular weight is 329 g/mol. The van der Waals surface area contributed by atoms with E-state index in [2.05, 4.69) is 5.32 Å². The van der Waals surface area contributed by atoms with E-state index < -0.39 is 17.5 Å². The summed E-state index contributed by atoms with van der Waals surface area (Å²) in [6.07, 6.45) is -4.58. The molecule has 0 aliphatic carbocycles. The van der Waals surface area contributed by atoms with Gasteiger partial charge in [-0.15, -0.1) is 0 Å². The fourth-order valence-corrected chi connectivity index (χ4v) is 2.64. The van der Waals surface area contributed by atoms with Gasteiger partial charge in [0.2, 0.25) is 0 Å². The third-order valence-corrected chi connectivity index (χ3v) is 3.68. The van der Waals surface area contributed by atoms with Gasteiger partial charge in [-0.2, -0.15) is 18.4 Å². The molecule has 4 nitrogen and oxygen atoms in total. The second kappa shape index (κ2) is 5.74. The van der Waals surface area contributed by atoms with Crippen LogP contribution >= 0.6 is 12.2 Å². The molecule has 1 heterocycles. The number of nitriles is 1. The highest BCUT2D eigenvalue weighted by molar-refractivity contribution is 7.80. The van der Waals surface area contributed by atoms with E-state index in [9.17, 15) is 13.2 Å². The van der Waals surface area contributed by atoms with Crippen molar-refractivity contribution >= 4 is 23.0 Å². The Morgan fingerprint density at radius 2 is 2.14 bits per heavy atom. The van der Waals surface area contributed by atoms with Crippen LogP contribution < -0.4 is 5.32 Å². The molecule has 1 aromatic rings. The Labute approximate surface area is 131 Å². The van der Waals surface area contributed by atoms with Crippen molar-refractivity contribution in [2.75, 3.05) is 18.5 Å². The zero-order chi connectivity index (χ0) is 16.5. The maximum atomic E-state index is 13.1. The lowest BCUT2D eigenvalue weighted by atomic mass is 10.1. The number of halogens is 3. The van der Waals surface area contributed by atoms with E-state index in [4.69, 9.17) is 22.2 Å². The molecule has 1 saturated heterocycles. The highest BCUT2D eigenvalue weighted by atomic mass is 32.1. The summed E-state index contributed by atoms with van der Waals surface area (Å²) in [5, 5.41) is 11.5. The van der Waals surface area contributed by atoms with Gasteiger partial charge in [-0.1, -0.05) is 0 Å². The third kappa shape index (κ3) is 3.31. The normalized spacial score (nSPS) is 17.2. The minimum absolute atomic E-state index is 0.0615. The van der Waals surface area contributed by atoms with Crippen molar-refractivity contribution in [2.45, 2.75) is 25.7 Å². The number of nitrogens with one attached hydrogen (secondary N) is 1. The number of benzene rings is 1.